The summed E-state index contributed by atoms with van der Waals surface area (Å²) in [5.74, 6) is 2.11. The molecule has 0 spiro atoms. The predicted octanol–water partition coefficient (Wildman–Crippen LogP) is 7.47. The van der Waals surface area contributed by atoms with Gasteiger partial charge < -0.3 is 10.1 Å². The van der Waals surface area contributed by atoms with Crippen LogP contribution in [0.15, 0.2) is 54.6 Å². The molecule has 1 heterocycles. The molecule has 2 aromatic rings. The van der Waals surface area contributed by atoms with E-state index >= 15 is 4.39 Å². The number of hydrogen-bond donors (Lipinski definition) is 1. The Morgan fingerprint density at radius 3 is 2.59 bits per heavy atom. The van der Waals surface area contributed by atoms with E-state index in [0.29, 0.717) is 31.3 Å². The van der Waals surface area contributed by atoms with Gasteiger partial charge in [0, 0.05) is 12.5 Å². The van der Waals surface area contributed by atoms with Gasteiger partial charge in [0.15, 0.2) is 0 Å². The fraction of sp³-hybridized carbons (Fsp3) is 0.571. The molecule has 1 aliphatic carbocycles. The number of ether oxygens (including phenoxy) is 1. The van der Waals surface area contributed by atoms with Crippen LogP contribution in [0.25, 0.3) is 0 Å². The fourth-order valence-electron chi connectivity index (χ4n) is 5.60. The van der Waals surface area contributed by atoms with Crippen LogP contribution in [0.5, 0.6) is 5.75 Å². The molecule has 1 saturated carbocycles. The van der Waals surface area contributed by atoms with Gasteiger partial charge in [-0.1, -0.05) is 68.7 Å². The minimum atomic E-state index is -1.03. The molecule has 0 radical (unpaired) electrons. The second-order valence-corrected chi connectivity index (χ2v) is 9.78. The summed E-state index contributed by atoms with van der Waals surface area (Å²) in [7, 11) is 0. The number of piperidine rings is 1. The molecule has 2 aliphatic rings. The zero-order valence-corrected chi connectivity index (χ0v) is 20.2. The first-order valence-corrected chi connectivity index (χ1v) is 12.3. The van der Waals surface area contributed by atoms with E-state index in [4.69, 9.17) is 4.74 Å². The van der Waals surface area contributed by atoms with Crippen molar-refractivity contribution in [3.8, 4) is 5.75 Å². The maximum absolute atomic E-state index is 15.7. The molecule has 4 rings (SSSR count). The van der Waals surface area contributed by atoms with E-state index in [9.17, 15) is 0 Å². The molecule has 176 valence electrons. The predicted molar refractivity (Wildman–Crippen MR) is 134 cm³/mol. The second kappa shape index (κ2) is 12.0. The highest BCUT2D eigenvalue weighted by Gasteiger charge is 2.39. The van der Waals surface area contributed by atoms with Gasteiger partial charge in [-0.2, -0.15) is 0 Å². The molecule has 1 aliphatic heterocycles. The third kappa shape index (κ3) is 6.48. The Morgan fingerprint density at radius 2 is 1.84 bits per heavy atom. The second-order valence-electron chi connectivity index (χ2n) is 9.78. The van der Waals surface area contributed by atoms with Gasteiger partial charge in [0.05, 0.1) is 0 Å². The van der Waals surface area contributed by atoms with Crippen molar-refractivity contribution in [2.24, 2.45) is 11.8 Å². The summed E-state index contributed by atoms with van der Waals surface area (Å²) in [5.41, 5.74) is 1.48. The van der Waals surface area contributed by atoms with Crippen LogP contribution >= 0.6 is 12.4 Å². The van der Waals surface area contributed by atoms with Crippen molar-refractivity contribution >= 4 is 12.4 Å². The topological polar surface area (TPSA) is 21.3 Å². The molecule has 4 heteroatoms. The first-order chi connectivity index (χ1) is 15.1. The number of rotatable bonds is 8. The largest absolute Gasteiger partial charge is 0.489 e. The van der Waals surface area contributed by atoms with Crippen molar-refractivity contribution in [2.45, 2.75) is 76.5 Å². The zero-order valence-electron chi connectivity index (χ0n) is 19.4. The first-order valence-electron chi connectivity index (χ1n) is 12.3. The standard InChI is InChI=1S/C28H38FNO.ClH/c1-22-20-30-18-17-28(22,29)16-15-27(24-11-6-3-7-12-24)25-13-8-14-26(19-25)31-21-23-9-4-2-5-10-23;/h2,4-5,8-10,13-14,19,22,24,27,30H,3,6-7,11-12,15-18,20-21H2,1H3;1H. The summed E-state index contributed by atoms with van der Waals surface area (Å²) >= 11 is 0. The summed E-state index contributed by atoms with van der Waals surface area (Å²) in [5, 5.41) is 3.35. The summed E-state index contributed by atoms with van der Waals surface area (Å²) in [6, 6.07) is 18.9. The summed E-state index contributed by atoms with van der Waals surface area (Å²) in [4.78, 5) is 0. The zero-order chi connectivity index (χ0) is 21.5. The van der Waals surface area contributed by atoms with E-state index in [2.05, 4.69) is 48.6 Å². The SMILES string of the molecule is CC1CNCCC1(F)CCC(c1cccc(OCc2ccccc2)c1)C1CCCCC1.Cl. The van der Waals surface area contributed by atoms with Crippen LogP contribution in [0.3, 0.4) is 0 Å². The molecule has 0 amide bonds. The molecule has 32 heavy (non-hydrogen) atoms. The molecule has 0 aromatic heterocycles. The van der Waals surface area contributed by atoms with Gasteiger partial charge in [-0.15, -0.1) is 12.4 Å². The Labute approximate surface area is 199 Å². The Morgan fingerprint density at radius 1 is 1.06 bits per heavy atom. The highest BCUT2D eigenvalue weighted by atomic mass is 35.5. The maximum Gasteiger partial charge on any atom is 0.120 e. The average Bonchev–Trinajstić information content (AvgIpc) is 2.82. The minimum absolute atomic E-state index is 0. The number of hydrogen-bond acceptors (Lipinski definition) is 2. The van der Waals surface area contributed by atoms with Gasteiger partial charge in [-0.05, 0) is 73.7 Å². The molecule has 1 saturated heterocycles. The van der Waals surface area contributed by atoms with Gasteiger partial charge in [-0.3, -0.25) is 0 Å². The van der Waals surface area contributed by atoms with E-state index in [-0.39, 0.29) is 18.3 Å². The summed E-state index contributed by atoms with van der Waals surface area (Å²) < 4.78 is 21.9. The Hall–Kier alpha value is -1.58. The van der Waals surface area contributed by atoms with Crippen molar-refractivity contribution in [1.82, 2.24) is 5.32 Å². The highest BCUT2D eigenvalue weighted by molar-refractivity contribution is 5.85. The molecule has 2 aromatic carbocycles. The van der Waals surface area contributed by atoms with Crippen molar-refractivity contribution < 1.29 is 9.13 Å². The van der Waals surface area contributed by atoms with Crippen LogP contribution < -0.4 is 10.1 Å². The molecule has 0 bridgehead atoms. The van der Waals surface area contributed by atoms with Crippen LogP contribution in [0, 0.1) is 11.8 Å². The van der Waals surface area contributed by atoms with Gasteiger partial charge >= 0.3 is 0 Å². The van der Waals surface area contributed by atoms with Crippen LogP contribution in [-0.2, 0) is 6.61 Å². The Kier molecular flexibility index (Phi) is 9.43. The number of alkyl halides is 1. The van der Waals surface area contributed by atoms with Crippen LogP contribution in [0.4, 0.5) is 4.39 Å². The van der Waals surface area contributed by atoms with Crippen molar-refractivity contribution in [3.05, 3.63) is 65.7 Å². The summed E-state index contributed by atoms with van der Waals surface area (Å²) in [6.45, 7) is 4.25. The smallest absolute Gasteiger partial charge is 0.120 e. The van der Waals surface area contributed by atoms with Crippen molar-refractivity contribution in [2.75, 3.05) is 13.1 Å². The molecule has 1 N–H and O–H groups in total. The van der Waals surface area contributed by atoms with Gasteiger partial charge in [0.1, 0.15) is 18.0 Å². The van der Waals surface area contributed by atoms with Gasteiger partial charge in [0.2, 0.25) is 0 Å². The van der Waals surface area contributed by atoms with E-state index in [1.165, 1.54) is 43.2 Å². The lowest BCUT2D eigenvalue weighted by Crippen LogP contribution is -2.46. The maximum atomic E-state index is 15.7. The third-order valence-corrected chi connectivity index (χ3v) is 7.68. The van der Waals surface area contributed by atoms with Gasteiger partial charge in [0.25, 0.3) is 0 Å². The van der Waals surface area contributed by atoms with Crippen LogP contribution in [-0.4, -0.2) is 18.8 Å². The molecule has 3 atom stereocenters. The third-order valence-electron chi connectivity index (χ3n) is 7.68. The van der Waals surface area contributed by atoms with E-state index < -0.39 is 5.67 Å². The minimum Gasteiger partial charge on any atom is -0.489 e. The molecular weight excluding hydrogens is 421 g/mol. The lowest BCUT2D eigenvalue weighted by Gasteiger charge is -2.38. The van der Waals surface area contributed by atoms with Gasteiger partial charge in [-0.25, -0.2) is 4.39 Å². The van der Waals surface area contributed by atoms with Crippen LogP contribution in [0.2, 0.25) is 0 Å². The number of halogens is 2. The Balaban J connectivity index is 0.00000289. The molecular formula is C28H39ClFNO. The number of benzene rings is 2. The van der Waals surface area contributed by atoms with Crippen LogP contribution in [0.1, 0.15) is 75.3 Å². The first kappa shape index (κ1) is 25.1. The normalized spacial score (nSPS) is 25.0. The Bertz CT molecular complexity index is 810. The molecule has 3 unspecified atom stereocenters. The molecule has 2 nitrogen and oxygen atoms in total. The fourth-order valence-corrected chi connectivity index (χ4v) is 5.60. The quantitative estimate of drug-likeness (QED) is 0.442. The lowest BCUT2D eigenvalue weighted by molar-refractivity contribution is 0.0420. The summed E-state index contributed by atoms with van der Waals surface area (Å²) in [6.07, 6.45) is 8.77. The van der Waals surface area contributed by atoms with E-state index in [0.717, 1.165) is 25.3 Å². The van der Waals surface area contributed by atoms with Crippen molar-refractivity contribution in [1.29, 1.82) is 0 Å². The molecule has 2 fully saturated rings. The highest BCUT2D eigenvalue weighted by Crippen LogP contribution is 2.43. The van der Waals surface area contributed by atoms with E-state index in [1.54, 1.807) is 0 Å². The lowest BCUT2D eigenvalue weighted by atomic mass is 9.72. The monoisotopic (exact) mass is 459 g/mol. The number of nitrogens with one attached hydrogen (secondary N) is 1. The average molecular weight is 460 g/mol. The van der Waals surface area contributed by atoms with Crippen molar-refractivity contribution in [3.63, 3.8) is 0 Å². The van der Waals surface area contributed by atoms with E-state index in [1.807, 2.05) is 18.2 Å².